The lowest BCUT2D eigenvalue weighted by Crippen LogP contribution is -2.44. The first-order valence-electron chi connectivity index (χ1n) is 8.98. The Bertz CT molecular complexity index is 944. The Labute approximate surface area is 164 Å². The predicted molar refractivity (Wildman–Crippen MR) is 105 cm³/mol. The molecule has 28 heavy (non-hydrogen) atoms. The summed E-state index contributed by atoms with van der Waals surface area (Å²) >= 11 is 0. The fourth-order valence-corrected chi connectivity index (χ4v) is 4.98. The summed E-state index contributed by atoms with van der Waals surface area (Å²) in [7, 11) is -3.03. The second-order valence-electron chi connectivity index (χ2n) is 6.72. The molecule has 1 aliphatic heterocycles. The number of hydrazine groups is 1. The smallest absolute Gasteiger partial charge is 0.276 e. The molecule has 148 valence electrons. The van der Waals surface area contributed by atoms with Gasteiger partial charge in [0.2, 0.25) is 5.91 Å². The molecule has 2 N–H and O–H groups in total. The lowest BCUT2D eigenvalue weighted by Gasteiger charge is -2.13. The third-order valence-electron chi connectivity index (χ3n) is 4.47. The van der Waals surface area contributed by atoms with Crippen LogP contribution in [0.15, 0.2) is 54.6 Å². The summed E-state index contributed by atoms with van der Waals surface area (Å²) in [5, 5.41) is 0. The summed E-state index contributed by atoms with van der Waals surface area (Å²) < 4.78 is 28.4. The highest BCUT2D eigenvalue weighted by Crippen LogP contribution is 2.29. The number of para-hydroxylation sites is 1. The van der Waals surface area contributed by atoms with Crippen molar-refractivity contribution in [3.05, 3.63) is 54.6 Å². The predicted octanol–water partition coefficient (Wildman–Crippen LogP) is 1.70. The molecular formula is C20H22N2O5S. The minimum absolute atomic E-state index is 0.0216. The van der Waals surface area contributed by atoms with Gasteiger partial charge in [0.15, 0.2) is 16.4 Å². The zero-order chi connectivity index (χ0) is 20.0. The maximum atomic E-state index is 12.0. The molecule has 1 fully saturated rings. The minimum Gasteiger partial charge on any atom is -0.483 e. The molecule has 2 aromatic rings. The molecule has 0 spiro atoms. The Morgan fingerprint density at radius 1 is 0.964 bits per heavy atom. The Kier molecular flexibility index (Phi) is 6.30. The zero-order valence-electron chi connectivity index (χ0n) is 15.3. The number of hydrogen-bond donors (Lipinski definition) is 2. The van der Waals surface area contributed by atoms with Crippen LogP contribution in [0.3, 0.4) is 0 Å². The van der Waals surface area contributed by atoms with Gasteiger partial charge < -0.3 is 4.74 Å². The molecule has 0 radical (unpaired) electrons. The molecule has 0 aromatic heterocycles. The van der Waals surface area contributed by atoms with Gasteiger partial charge in [-0.1, -0.05) is 48.5 Å². The fourth-order valence-electron chi connectivity index (χ4n) is 3.11. The summed E-state index contributed by atoms with van der Waals surface area (Å²) in [6.07, 6.45) is 0.542. The molecular weight excluding hydrogens is 380 g/mol. The van der Waals surface area contributed by atoms with Gasteiger partial charge in [0, 0.05) is 12.0 Å². The molecule has 1 aliphatic rings. The van der Waals surface area contributed by atoms with Gasteiger partial charge in [-0.25, -0.2) is 8.42 Å². The quantitative estimate of drug-likeness (QED) is 0.716. The number of nitrogens with one attached hydrogen (secondary N) is 2. The second kappa shape index (κ2) is 8.88. The van der Waals surface area contributed by atoms with E-state index < -0.39 is 21.7 Å². The largest absolute Gasteiger partial charge is 0.483 e. The number of rotatable bonds is 6. The first-order chi connectivity index (χ1) is 13.4. The average molecular weight is 402 g/mol. The van der Waals surface area contributed by atoms with Crippen molar-refractivity contribution < 1.29 is 22.7 Å². The molecule has 0 unspecified atom stereocenters. The van der Waals surface area contributed by atoms with Crippen LogP contribution in [0.25, 0.3) is 11.1 Å². The van der Waals surface area contributed by atoms with Crippen LogP contribution in [0.2, 0.25) is 0 Å². The summed E-state index contributed by atoms with van der Waals surface area (Å²) in [6, 6.07) is 17.0. The number of amides is 2. The molecule has 0 saturated carbocycles. The summed E-state index contributed by atoms with van der Waals surface area (Å²) in [5.41, 5.74) is 6.43. The number of carbonyl (C=O) groups excluding carboxylic acids is 2. The normalized spacial score (nSPS) is 17.6. The molecule has 7 nitrogen and oxygen atoms in total. The van der Waals surface area contributed by atoms with E-state index in [-0.39, 0.29) is 30.5 Å². The average Bonchev–Trinajstić information content (AvgIpc) is 3.04. The van der Waals surface area contributed by atoms with Crippen molar-refractivity contribution in [2.45, 2.75) is 12.8 Å². The molecule has 0 aliphatic carbocycles. The van der Waals surface area contributed by atoms with Crippen molar-refractivity contribution in [2.75, 3.05) is 18.1 Å². The topological polar surface area (TPSA) is 102 Å². The maximum absolute atomic E-state index is 12.0. The van der Waals surface area contributed by atoms with Crippen molar-refractivity contribution >= 4 is 21.7 Å². The third kappa shape index (κ3) is 5.56. The van der Waals surface area contributed by atoms with Crippen LogP contribution in [0.5, 0.6) is 5.75 Å². The maximum Gasteiger partial charge on any atom is 0.276 e. The Balaban J connectivity index is 1.47. The number of hydrogen-bond acceptors (Lipinski definition) is 5. The van der Waals surface area contributed by atoms with Crippen molar-refractivity contribution in [3.8, 4) is 16.9 Å². The Morgan fingerprint density at radius 2 is 1.64 bits per heavy atom. The van der Waals surface area contributed by atoms with E-state index in [0.717, 1.165) is 11.1 Å². The second-order valence-corrected chi connectivity index (χ2v) is 8.95. The standard InChI is InChI=1S/C20H22N2O5S/c23-19(12-15-10-11-28(25,26)14-15)21-22-20(24)13-27-18-9-5-4-8-17(18)16-6-2-1-3-7-16/h1-9,15H,10-14H2,(H,21,23)(H,22,24)/t15-/m0/s1. The molecule has 0 bridgehead atoms. The number of benzene rings is 2. The van der Waals surface area contributed by atoms with Crippen LogP contribution in [-0.4, -0.2) is 38.3 Å². The van der Waals surface area contributed by atoms with Crippen molar-refractivity contribution in [2.24, 2.45) is 5.92 Å². The SMILES string of the molecule is O=C(COc1ccccc1-c1ccccc1)NNC(=O)C[C@@H]1CCS(=O)(=O)C1. The van der Waals surface area contributed by atoms with Crippen LogP contribution < -0.4 is 15.6 Å². The Morgan fingerprint density at radius 3 is 2.36 bits per heavy atom. The molecule has 3 rings (SSSR count). The van der Waals surface area contributed by atoms with Gasteiger partial charge in [-0.3, -0.25) is 20.4 Å². The van der Waals surface area contributed by atoms with Gasteiger partial charge in [0.25, 0.3) is 5.91 Å². The van der Waals surface area contributed by atoms with Crippen molar-refractivity contribution in [3.63, 3.8) is 0 Å². The first-order valence-corrected chi connectivity index (χ1v) is 10.8. The van der Waals surface area contributed by atoms with Crippen LogP contribution >= 0.6 is 0 Å². The van der Waals surface area contributed by atoms with E-state index in [1.165, 1.54) is 0 Å². The first kappa shape index (κ1) is 19.9. The van der Waals surface area contributed by atoms with E-state index in [1.807, 2.05) is 48.5 Å². The minimum atomic E-state index is -3.03. The van der Waals surface area contributed by atoms with Crippen molar-refractivity contribution in [1.29, 1.82) is 0 Å². The number of ether oxygens (including phenoxy) is 1. The Hall–Kier alpha value is -2.87. The highest BCUT2D eigenvalue weighted by molar-refractivity contribution is 7.91. The van der Waals surface area contributed by atoms with Crippen LogP contribution in [0.4, 0.5) is 0 Å². The van der Waals surface area contributed by atoms with Gasteiger partial charge in [-0.2, -0.15) is 0 Å². The molecule has 8 heteroatoms. The van der Waals surface area contributed by atoms with E-state index in [9.17, 15) is 18.0 Å². The summed E-state index contributed by atoms with van der Waals surface area (Å²) in [6.45, 7) is -0.262. The summed E-state index contributed by atoms with van der Waals surface area (Å²) in [5.74, 6) is -0.419. The summed E-state index contributed by atoms with van der Waals surface area (Å²) in [4.78, 5) is 23.8. The van der Waals surface area contributed by atoms with E-state index >= 15 is 0 Å². The third-order valence-corrected chi connectivity index (χ3v) is 6.31. The van der Waals surface area contributed by atoms with Crippen LogP contribution in [0, 0.1) is 5.92 Å². The van der Waals surface area contributed by atoms with Gasteiger partial charge in [-0.15, -0.1) is 0 Å². The van der Waals surface area contributed by atoms with Crippen LogP contribution in [-0.2, 0) is 19.4 Å². The fraction of sp³-hybridized carbons (Fsp3) is 0.300. The van der Waals surface area contributed by atoms with Gasteiger partial charge >= 0.3 is 0 Å². The van der Waals surface area contributed by atoms with Gasteiger partial charge in [0.05, 0.1) is 11.5 Å². The number of sulfone groups is 1. The van der Waals surface area contributed by atoms with Crippen molar-refractivity contribution in [1.82, 2.24) is 10.9 Å². The molecule has 2 amide bonds. The van der Waals surface area contributed by atoms with E-state index in [0.29, 0.717) is 12.2 Å². The zero-order valence-corrected chi connectivity index (χ0v) is 16.1. The van der Waals surface area contributed by atoms with Gasteiger partial charge in [0.1, 0.15) is 5.75 Å². The van der Waals surface area contributed by atoms with E-state index in [4.69, 9.17) is 4.74 Å². The van der Waals surface area contributed by atoms with E-state index in [2.05, 4.69) is 10.9 Å². The molecule has 1 saturated heterocycles. The highest BCUT2D eigenvalue weighted by atomic mass is 32.2. The van der Waals surface area contributed by atoms with Crippen LogP contribution in [0.1, 0.15) is 12.8 Å². The lowest BCUT2D eigenvalue weighted by atomic mass is 10.1. The van der Waals surface area contributed by atoms with E-state index in [1.54, 1.807) is 6.07 Å². The number of carbonyl (C=O) groups is 2. The lowest BCUT2D eigenvalue weighted by molar-refractivity contribution is -0.130. The van der Waals surface area contributed by atoms with Gasteiger partial charge in [-0.05, 0) is 24.0 Å². The monoisotopic (exact) mass is 402 g/mol. The molecule has 1 atom stereocenters. The molecule has 2 aromatic carbocycles. The molecule has 1 heterocycles. The highest BCUT2D eigenvalue weighted by Gasteiger charge is 2.29.